The molecule has 1 amide bonds. The number of halogens is 1. The highest BCUT2D eigenvalue weighted by Gasteiger charge is 2.29. The fourth-order valence-electron chi connectivity index (χ4n) is 1.97. The molecule has 0 aliphatic rings. The Balaban J connectivity index is 2.86. The van der Waals surface area contributed by atoms with E-state index >= 15 is 0 Å². The van der Waals surface area contributed by atoms with E-state index in [2.05, 4.69) is 5.32 Å². The van der Waals surface area contributed by atoms with Crippen molar-refractivity contribution in [2.24, 2.45) is 5.73 Å². The summed E-state index contributed by atoms with van der Waals surface area (Å²) in [6.07, 6.45) is -0.453. The molecule has 3 N–H and O–H groups in total. The first-order valence-electron chi connectivity index (χ1n) is 7.01. The molecule has 0 aliphatic carbocycles. The molecule has 0 fully saturated rings. The third kappa shape index (κ3) is 4.90. The maximum Gasteiger partial charge on any atom is 0.407 e. The number of rotatable bonds is 4. The Bertz CT molecular complexity index is 511. The summed E-state index contributed by atoms with van der Waals surface area (Å²) in [5, 5.41) is 3.47. The van der Waals surface area contributed by atoms with E-state index in [9.17, 15) is 4.79 Å². The van der Waals surface area contributed by atoms with Gasteiger partial charge in [-0.3, -0.25) is 0 Å². The minimum absolute atomic E-state index is 0.363. The Labute approximate surface area is 132 Å². The minimum atomic E-state index is -0.524. The third-order valence-corrected chi connectivity index (χ3v) is 3.82. The summed E-state index contributed by atoms with van der Waals surface area (Å²) >= 11 is 6.38. The Hall–Kier alpha value is -1.26. The van der Waals surface area contributed by atoms with Crippen LogP contribution in [0.1, 0.15) is 38.8 Å². The molecule has 5 heteroatoms. The first-order chi connectivity index (χ1) is 9.59. The van der Waals surface area contributed by atoms with Crippen molar-refractivity contribution < 1.29 is 9.53 Å². The monoisotopic (exact) mass is 312 g/mol. The second-order valence-electron chi connectivity index (χ2n) is 6.56. The van der Waals surface area contributed by atoms with Crippen LogP contribution < -0.4 is 11.1 Å². The van der Waals surface area contributed by atoms with Crippen LogP contribution in [0.3, 0.4) is 0 Å². The fraction of sp³-hybridized carbons (Fsp3) is 0.562. The molecule has 1 atom stereocenters. The fourth-order valence-corrected chi connectivity index (χ4v) is 2.33. The summed E-state index contributed by atoms with van der Waals surface area (Å²) < 4.78 is 5.24. The van der Waals surface area contributed by atoms with Gasteiger partial charge in [0.05, 0.1) is 0 Å². The first kappa shape index (κ1) is 17.8. The maximum absolute atomic E-state index is 11.8. The van der Waals surface area contributed by atoms with Gasteiger partial charge in [0.15, 0.2) is 0 Å². The average molecular weight is 313 g/mol. The van der Waals surface area contributed by atoms with Gasteiger partial charge in [0.1, 0.15) is 5.60 Å². The normalized spacial score (nSPS) is 14.4. The number of aryl methyl sites for hydroxylation is 1. The summed E-state index contributed by atoms with van der Waals surface area (Å²) in [5.74, 6) is 0. The molecule has 4 nitrogen and oxygen atoms in total. The van der Waals surface area contributed by atoms with Crippen LogP contribution in [0.4, 0.5) is 4.79 Å². The van der Waals surface area contributed by atoms with Gasteiger partial charge in [-0.1, -0.05) is 36.7 Å². The van der Waals surface area contributed by atoms with E-state index < -0.39 is 17.1 Å². The van der Waals surface area contributed by atoms with E-state index in [4.69, 9.17) is 22.1 Å². The molecule has 0 aromatic heterocycles. The third-order valence-electron chi connectivity index (χ3n) is 3.31. The summed E-state index contributed by atoms with van der Waals surface area (Å²) in [5.41, 5.74) is 6.88. The number of amides is 1. The molecule has 1 unspecified atom stereocenters. The predicted octanol–water partition coefficient (Wildman–Crippen LogP) is 3.39. The quantitative estimate of drug-likeness (QED) is 0.895. The van der Waals surface area contributed by atoms with E-state index in [1.165, 1.54) is 0 Å². The molecule has 0 radical (unpaired) electrons. The van der Waals surface area contributed by atoms with E-state index in [0.717, 1.165) is 11.1 Å². The maximum atomic E-state index is 11.8. The molecule has 1 rings (SSSR count). The molecule has 21 heavy (non-hydrogen) atoms. The van der Waals surface area contributed by atoms with Gasteiger partial charge in [-0.2, -0.15) is 0 Å². The molecule has 118 valence electrons. The van der Waals surface area contributed by atoms with E-state index in [1.54, 1.807) is 0 Å². The SMILES string of the molecule is Cc1cccc(C(C)(CN)CNC(=O)OC(C)(C)C)c1Cl. The summed E-state index contributed by atoms with van der Waals surface area (Å²) in [7, 11) is 0. The van der Waals surface area contributed by atoms with Crippen LogP contribution in [0.15, 0.2) is 18.2 Å². The van der Waals surface area contributed by atoms with Gasteiger partial charge in [-0.15, -0.1) is 0 Å². The van der Waals surface area contributed by atoms with Crippen molar-refractivity contribution >= 4 is 17.7 Å². The topological polar surface area (TPSA) is 64.3 Å². The molecule has 0 spiro atoms. The molecule has 1 aromatic rings. The zero-order chi connectivity index (χ0) is 16.3. The van der Waals surface area contributed by atoms with Crippen molar-refractivity contribution in [3.8, 4) is 0 Å². The van der Waals surface area contributed by atoms with Gasteiger partial charge in [-0.05, 0) is 38.8 Å². The van der Waals surface area contributed by atoms with Crippen LogP contribution in [0.25, 0.3) is 0 Å². The van der Waals surface area contributed by atoms with Gasteiger partial charge >= 0.3 is 6.09 Å². The smallest absolute Gasteiger partial charge is 0.407 e. The minimum Gasteiger partial charge on any atom is -0.444 e. The molecule has 0 bridgehead atoms. The van der Waals surface area contributed by atoms with E-state index in [1.807, 2.05) is 52.8 Å². The highest BCUT2D eigenvalue weighted by atomic mass is 35.5. The van der Waals surface area contributed by atoms with Gasteiger partial charge in [0.2, 0.25) is 0 Å². The number of benzene rings is 1. The zero-order valence-corrected chi connectivity index (χ0v) is 14.2. The number of carbonyl (C=O) groups excluding carboxylic acids is 1. The molecular formula is C16H25ClN2O2. The molecule has 1 aromatic carbocycles. The lowest BCUT2D eigenvalue weighted by atomic mass is 9.81. The van der Waals surface area contributed by atoms with Crippen molar-refractivity contribution in [3.05, 3.63) is 34.3 Å². The zero-order valence-electron chi connectivity index (χ0n) is 13.4. The van der Waals surface area contributed by atoms with Crippen molar-refractivity contribution in [2.75, 3.05) is 13.1 Å². The lowest BCUT2D eigenvalue weighted by Crippen LogP contribution is -2.45. The highest BCUT2D eigenvalue weighted by Crippen LogP contribution is 2.31. The van der Waals surface area contributed by atoms with Crippen LogP contribution in [0, 0.1) is 6.92 Å². The van der Waals surface area contributed by atoms with Gasteiger partial charge < -0.3 is 15.8 Å². The second-order valence-corrected chi connectivity index (χ2v) is 6.93. The van der Waals surface area contributed by atoms with Crippen molar-refractivity contribution in [1.82, 2.24) is 5.32 Å². The Morgan fingerprint density at radius 3 is 2.48 bits per heavy atom. The number of hydrogen-bond acceptors (Lipinski definition) is 3. The van der Waals surface area contributed by atoms with Crippen molar-refractivity contribution in [2.45, 2.75) is 45.6 Å². The van der Waals surface area contributed by atoms with Gasteiger partial charge in [0, 0.05) is 23.5 Å². The number of nitrogens with two attached hydrogens (primary N) is 1. The van der Waals surface area contributed by atoms with Crippen LogP contribution >= 0.6 is 11.6 Å². The van der Waals surface area contributed by atoms with Gasteiger partial charge in [-0.25, -0.2) is 4.79 Å². The number of nitrogens with one attached hydrogen (secondary N) is 1. The van der Waals surface area contributed by atoms with Crippen LogP contribution in [0.5, 0.6) is 0 Å². The van der Waals surface area contributed by atoms with E-state index in [-0.39, 0.29) is 0 Å². The van der Waals surface area contributed by atoms with Crippen molar-refractivity contribution in [1.29, 1.82) is 0 Å². The molecule has 0 saturated carbocycles. The van der Waals surface area contributed by atoms with Crippen LogP contribution in [-0.2, 0) is 10.2 Å². The summed E-state index contributed by atoms with van der Waals surface area (Å²) in [4.78, 5) is 11.8. The Morgan fingerprint density at radius 1 is 1.33 bits per heavy atom. The Kier molecular flexibility index (Phi) is 5.65. The lowest BCUT2D eigenvalue weighted by molar-refractivity contribution is 0.0516. The number of hydrogen-bond donors (Lipinski definition) is 2. The first-order valence-corrected chi connectivity index (χ1v) is 7.39. The van der Waals surface area contributed by atoms with Gasteiger partial charge in [0.25, 0.3) is 0 Å². The average Bonchev–Trinajstić information content (AvgIpc) is 2.37. The van der Waals surface area contributed by atoms with Crippen LogP contribution in [-0.4, -0.2) is 24.8 Å². The number of ether oxygens (including phenoxy) is 1. The number of alkyl carbamates (subject to hydrolysis) is 1. The molecule has 0 aliphatic heterocycles. The van der Waals surface area contributed by atoms with E-state index in [0.29, 0.717) is 18.1 Å². The standard InChI is InChI=1S/C16H25ClN2O2/c1-11-7-6-8-12(13(11)17)16(5,9-18)10-19-14(20)21-15(2,3)4/h6-8H,9-10,18H2,1-5H3,(H,19,20). The Morgan fingerprint density at radius 2 is 1.95 bits per heavy atom. The summed E-state index contributed by atoms with van der Waals surface area (Å²) in [6, 6.07) is 5.83. The lowest BCUT2D eigenvalue weighted by Gasteiger charge is -2.31. The molecule has 0 heterocycles. The summed E-state index contributed by atoms with van der Waals surface area (Å²) in [6.45, 7) is 10.1. The largest absolute Gasteiger partial charge is 0.444 e. The molecular weight excluding hydrogens is 288 g/mol. The highest BCUT2D eigenvalue weighted by molar-refractivity contribution is 6.32. The van der Waals surface area contributed by atoms with Crippen LogP contribution in [0.2, 0.25) is 5.02 Å². The molecule has 0 saturated heterocycles. The van der Waals surface area contributed by atoms with Crippen molar-refractivity contribution in [3.63, 3.8) is 0 Å². The second kappa shape index (κ2) is 6.67. The number of carbonyl (C=O) groups is 1. The predicted molar refractivity (Wildman–Crippen MR) is 86.8 cm³/mol.